The second-order valence-electron chi connectivity index (χ2n) is 33.2. The van der Waals surface area contributed by atoms with Crippen LogP contribution in [0.2, 0.25) is 0 Å². The number of benzene rings is 2. The van der Waals surface area contributed by atoms with Gasteiger partial charge in [0.2, 0.25) is 0 Å². The van der Waals surface area contributed by atoms with Gasteiger partial charge in [-0.05, 0) is 251 Å². The number of halogens is 4. The topological polar surface area (TPSA) is 457 Å². The Morgan fingerprint density at radius 3 is 0.954 bits per heavy atom. The largest absolute Gasteiger partial charge is 0.497 e. The first kappa shape index (κ1) is 89.7. The normalized spacial score (nSPS) is 18.9. The van der Waals surface area contributed by atoms with Gasteiger partial charge in [-0.2, -0.15) is 38.5 Å². The summed E-state index contributed by atoms with van der Waals surface area (Å²) in [4.78, 5) is 87.7. The summed E-state index contributed by atoms with van der Waals surface area (Å²) in [6.07, 6.45) is 36.4. The number of carboxylic acid groups (broad SMARTS) is 4. The Balaban J connectivity index is 0.000000122. The molecule has 0 unspecified atom stereocenters. The van der Waals surface area contributed by atoms with Gasteiger partial charge in [0.25, 0.3) is 0 Å². The van der Waals surface area contributed by atoms with Crippen LogP contribution >= 0.6 is 63.7 Å². The fourth-order valence-electron chi connectivity index (χ4n) is 18.0. The average Bonchev–Trinajstić information content (AvgIpc) is 1.66. The first-order valence-corrected chi connectivity index (χ1v) is 46.3. The van der Waals surface area contributed by atoms with Crippen LogP contribution in [0.1, 0.15) is 161 Å². The summed E-state index contributed by atoms with van der Waals surface area (Å²) in [5.74, 6) is 0.166. The molecule has 20 rings (SSSR count). The van der Waals surface area contributed by atoms with Gasteiger partial charge in [0.1, 0.15) is 34.8 Å². The molecule has 0 saturated heterocycles. The van der Waals surface area contributed by atoms with Gasteiger partial charge in [0.15, 0.2) is 22.6 Å². The molecule has 0 bridgehead atoms. The van der Waals surface area contributed by atoms with Crippen molar-refractivity contribution in [3.63, 3.8) is 0 Å². The van der Waals surface area contributed by atoms with E-state index in [1.807, 2.05) is 128 Å². The molecule has 12 N–H and O–H groups in total. The predicted octanol–water partition coefficient (Wildman–Crippen LogP) is 19.7. The molecule has 2 aromatic carbocycles. The highest BCUT2D eigenvalue weighted by Crippen LogP contribution is 2.47. The minimum absolute atomic E-state index is 0.147. The highest BCUT2D eigenvalue weighted by Gasteiger charge is 2.36. The molecule has 0 amide bonds. The van der Waals surface area contributed by atoms with E-state index in [9.17, 15) is 39.6 Å². The van der Waals surface area contributed by atoms with E-state index in [0.29, 0.717) is 97.2 Å². The number of anilines is 4. The summed E-state index contributed by atoms with van der Waals surface area (Å²) in [5.41, 5.74) is 46.2. The molecule has 0 spiro atoms. The van der Waals surface area contributed by atoms with Crippen LogP contribution in [0.3, 0.4) is 0 Å². The molecule has 4 saturated carbocycles. The molecular formula is C96H91Br4N21O10. The van der Waals surface area contributed by atoms with E-state index < -0.39 is 23.9 Å². The highest BCUT2D eigenvalue weighted by molar-refractivity contribution is 9.11. The van der Waals surface area contributed by atoms with Crippen molar-refractivity contribution in [2.75, 3.05) is 37.2 Å². The number of aromatic nitrogens is 17. The van der Waals surface area contributed by atoms with Crippen molar-refractivity contribution in [3.8, 4) is 89.8 Å². The minimum Gasteiger partial charge on any atom is -0.497 e. The predicted molar refractivity (Wildman–Crippen MR) is 512 cm³/mol. The van der Waals surface area contributed by atoms with Crippen LogP contribution in [0.25, 0.3) is 106 Å². The number of methoxy groups -OCH3 is 2. The first-order chi connectivity index (χ1) is 63.5. The van der Waals surface area contributed by atoms with Crippen molar-refractivity contribution >= 4 is 139 Å². The lowest BCUT2D eigenvalue weighted by Crippen LogP contribution is -2.21. The summed E-state index contributed by atoms with van der Waals surface area (Å²) >= 11 is 14.4. The third-order valence-corrected chi connectivity index (χ3v) is 28.8. The number of carboxylic acids is 4. The van der Waals surface area contributed by atoms with Crippen LogP contribution in [0.15, 0.2) is 207 Å². The molecule has 15 aromatic rings. The van der Waals surface area contributed by atoms with Crippen molar-refractivity contribution in [2.45, 2.75) is 133 Å². The van der Waals surface area contributed by atoms with E-state index >= 15 is 0 Å². The summed E-state index contributed by atoms with van der Waals surface area (Å²) in [7, 11) is 3.29. The Labute approximate surface area is 784 Å². The molecule has 131 heavy (non-hydrogen) atoms. The number of pyridine rings is 5. The number of hydrogen-bond acceptors (Lipinski definition) is 23. The van der Waals surface area contributed by atoms with Crippen LogP contribution < -0.4 is 32.4 Å². The quantitative estimate of drug-likeness (QED) is 0.0395. The third kappa shape index (κ3) is 18.8. The van der Waals surface area contributed by atoms with E-state index in [2.05, 4.69) is 127 Å². The minimum atomic E-state index is -0.719. The average molecular weight is 2020 g/mol. The number of ether oxygens (including phenoxy) is 2. The van der Waals surface area contributed by atoms with E-state index in [1.54, 1.807) is 75.7 Å². The van der Waals surface area contributed by atoms with Crippen molar-refractivity contribution < 1.29 is 49.1 Å². The number of nitrogen functional groups attached to an aromatic ring is 4. The number of nitrogens with two attached hydrogens (primary N) is 4. The van der Waals surface area contributed by atoms with Crippen molar-refractivity contribution in [3.05, 3.63) is 236 Å². The van der Waals surface area contributed by atoms with E-state index in [1.165, 1.54) is 0 Å². The SMILES string of the molecule is COc1ccc(-c2ccc(-c3cnn4c(N)c(Br)c(C5CCC(C(=O)O)CC5)nc34)cn2)cc1.COc1cccc(-c2ccc(-c3cnn4c(N)c(Br)c(C5CCC(C(=O)O)CC5)nc34)cn2)c1.Nc1c(Br)c(C2CCC(C(=O)O)CC2)nc2c(-c3ccc(-c4cccnc4)nc3)cnn12.Nc1c(Br)c(C2CCC(C(=O)O)CC2)nc2c(-c3ccc(C4=CCC=C4)nc3)cnn12. The van der Waals surface area contributed by atoms with Gasteiger partial charge >= 0.3 is 23.9 Å². The summed E-state index contributed by atoms with van der Waals surface area (Å²) < 4.78 is 20.0. The lowest BCUT2D eigenvalue weighted by molar-refractivity contribution is -0.143. The van der Waals surface area contributed by atoms with E-state index in [0.717, 1.165) is 199 Å². The number of allylic oxidation sites excluding steroid dienone is 4. The molecule has 0 atom stereocenters. The number of nitrogens with zero attached hydrogens (tertiary/aromatic N) is 17. The number of hydrogen-bond donors (Lipinski definition) is 8. The first-order valence-electron chi connectivity index (χ1n) is 43.1. The molecule has 0 radical (unpaired) electrons. The number of rotatable bonds is 18. The summed E-state index contributed by atoms with van der Waals surface area (Å²) in [5, 5.41) is 55.0. The van der Waals surface area contributed by atoms with Crippen LogP contribution in [0.5, 0.6) is 11.5 Å². The molecule has 5 aliphatic rings. The molecular weight excluding hydrogens is 1930 g/mol. The lowest BCUT2D eigenvalue weighted by Gasteiger charge is -2.26. The molecule has 13 aromatic heterocycles. The monoisotopic (exact) mass is 2010 g/mol. The van der Waals surface area contributed by atoms with E-state index in [-0.39, 0.29) is 47.3 Å². The Morgan fingerprint density at radius 1 is 0.351 bits per heavy atom. The summed E-state index contributed by atoms with van der Waals surface area (Å²) in [6, 6.07) is 35.3. The molecule has 31 nitrogen and oxygen atoms in total. The Morgan fingerprint density at radius 2 is 0.664 bits per heavy atom. The van der Waals surface area contributed by atoms with Gasteiger partial charge in [-0.3, -0.25) is 44.1 Å². The zero-order valence-corrected chi connectivity index (χ0v) is 77.5. The molecule has 35 heteroatoms. The van der Waals surface area contributed by atoms with Crippen molar-refractivity contribution in [1.82, 2.24) is 83.3 Å². The molecule has 4 fully saturated rings. The second kappa shape index (κ2) is 39.2. The second-order valence-corrected chi connectivity index (χ2v) is 36.4. The molecule has 0 aliphatic heterocycles. The maximum absolute atomic E-state index is 11.3. The van der Waals surface area contributed by atoms with Gasteiger partial charge in [-0.25, -0.2) is 19.9 Å². The maximum Gasteiger partial charge on any atom is 0.306 e. The summed E-state index contributed by atoms with van der Waals surface area (Å²) in [6.45, 7) is 0. The van der Waals surface area contributed by atoms with Crippen LogP contribution in [-0.4, -0.2) is 142 Å². The standard InChI is InChI=1S/2C25H24BrN5O3.C23H21BrN6O2.C23H22BrN5O2/c1-34-18-9-6-14(7-10-18)20-11-8-17(12-28-20)19-13-29-31-23(27)21(26)22(30-24(19)31)15-2-4-16(5-3-15)25(32)33;1-34-18-4-2-3-16(11-18)20-10-9-17(12-28-20)19-13-29-31-23(27)21(26)22(30-24(19)31)14-5-7-15(8-6-14)25(32)33;24-19-20(13-3-5-14(6-4-13)23(31)32)29-22-17(12-28-30(22)21(19)25)15-7-8-18(27-11-15)16-2-1-9-26-10-16;24-19-20(14-5-7-15(8-6-14)23(30)31)28-22-17(12-27-29(22)21(19)25)16-9-10-18(26-11-16)13-3-1-2-4-13/h6-13,15-16H,2-5,27H2,1H3,(H,32,33);2-4,9-15H,5-8,27H2,1H3,(H,32,33);1-2,7-14H,3-6,25H2,(H,31,32);1,3-4,9-12,14-15H,2,5-8,25H2,(H,30,31). The lowest BCUT2D eigenvalue weighted by atomic mass is 9.80. The van der Waals surface area contributed by atoms with Crippen LogP contribution in [0.4, 0.5) is 23.3 Å². The fraction of sp³-hybridized carbons (Fsp3) is 0.281. The van der Waals surface area contributed by atoms with Crippen molar-refractivity contribution in [1.29, 1.82) is 0 Å². The van der Waals surface area contributed by atoms with Crippen LogP contribution in [0, 0.1) is 23.7 Å². The van der Waals surface area contributed by atoms with Gasteiger partial charge in [-0.15, -0.1) is 0 Å². The number of aliphatic carboxylic acids is 4. The fourth-order valence-corrected chi connectivity index (χ4v) is 20.3. The Hall–Kier alpha value is -13.3. The zero-order chi connectivity index (χ0) is 91.4. The van der Waals surface area contributed by atoms with Gasteiger partial charge in [0.05, 0.1) is 126 Å². The van der Waals surface area contributed by atoms with Crippen LogP contribution in [-0.2, 0) is 19.2 Å². The van der Waals surface area contributed by atoms with Gasteiger partial charge < -0.3 is 52.8 Å². The number of carbonyl (C=O) groups is 4. The highest BCUT2D eigenvalue weighted by atomic mass is 79.9. The third-order valence-electron chi connectivity index (χ3n) is 25.5. The van der Waals surface area contributed by atoms with Crippen molar-refractivity contribution in [2.24, 2.45) is 23.7 Å². The maximum atomic E-state index is 11.3. The molecule has 668 valence electrons. The Kier molecular flexibility index (Phi) is 26.8. The molecule has 13 heterocycles. The Bertz CT molecular complexity index is 6840. The number of fused-ring (bicyclic) bond motifs is 4. The zero-order valence-electron chi connectivity index (χ0n) is 71.2. The smallest absolute Gasteiger partial charge is 0.306 e. The van der Waals surface area contributed by atoms with Gasteiger partial charge in [0, 0.05) is 122 Å². The molecule has 5 aliphatic carbocycles. The van der Waals surface area contributed by atoms with Gasteiger partial charge in [-0.1, -0.05) is 54.6 Å². The van der Waals surface area contributed by atoms with E-state index in [4.69, 9.17) is 52.3 Å².